The minimum Gasteiger partial charge on any atom is -0.361 e. The second-order valence-corrected chi connectivity index (χ2v) is 6.18. The molecule has 138 valence electrons. The van der Waals surface area contributed by atoms with Gasteiger partial charge in [-0.05, 0) is 32.9 Å². The summed E-state index contributed by atoms with van der Waals surface area (Å²) in [5.74, 6) is 1.28. The first-order valence-electron chi connectivity index (χ1n) is 8.95. The number of nitrogens with zero attached hydrogens (tertiary/aromatic N) is 4. The van der Waals surface area contributed by atoms with Crippen LogP contribution < -0.4 is 10.2 Å². The molecule has 0 aliphatic heterocycles. The van der Waals surface area contributed by atoms with Gasteiger partial charge in [-0.2, -0.15) is 0 Å². The Bertz CT molecular complexity index is 913. The number of nitrogens with one attached hydrogen (secondary N) is 1. The van der Waals surface area contributed by atoms with Gasteiger partial charge in [0.25, 0.3) is 0 Å². The van der Waals surface area contributed by atoms with E-state index in [1.54, 1.807) is 17.3 Å². The topological polar surface area (TPSA) is 71.0 Å². The van der Waals surface area contributed by atoms with Crippen LogP contribution in [0.1, 0.15) is 18.2 Å². The van der Waals surface area contributed by atoms with E-state index >= 15 is 0 Å². The van der Waals surface area contributed by atoms with E-state index < -0.39 is 0 Å². The van der Waals surface area contributed by atoms with Crippen LogP contribution in [0, 0.1) is 13.8 Å². The highest BCUT2D eigenvalue weighted by Gasteiger charge is 2.15. The van der Waals surface area contributed by atoms with Crippen molar-refractivity contribution in [1.29, 1.82) is 0 Å². The molecule has 0 saturated carbocycles. The molecule has 6 nitrogen and oxygen atoms in total. The largest absolute Gasteiger partial charge is 0.361 e. The Morgan fingerprint density at radius 1 is 1.07 bits per heavy atom. The van der Waals surface area contributed by atoms with E-state index in [-0.39, 0.29) is 12.5 Å². The van der Waals surface area contributed by atoms with Crippen LogP contribution in [0.4, 0.5) is 11.5 Å². The van der Waals surface area contributed by atoms with E-state index in [4.69, 9.17) is 0 Å². The van der Waals surface area contributed by atoms with Crippen molar-refractivity contribution in [2.45, 2.75) is 20.8 Å². The molecule has 6 heteroatoms. The third-order valence-corrected chi connectivity index (χ3v) is 4.40. The quantitative estimate of drug-likeness (QED) is 0.726. The number of rotatable bonds is 6. The predicted octanol–water partition coefficient (Wildman–Crippen LogP) is 3.62. The van der Waals surface area contributed by atoms with E-state index in [1.807, 2.05) is 63.2 Å². The van der Waals surface area contributed by atoms with Gasteiger partial charge < -0.3 is 10.2 Å². The monoisotopic (exact) mass is 361 g/mol. The molecule has 1 N–H and O–H groups in total. The Labute approximate surface area is 159 Å². The molecule has 0 aliphatic rings. The summed E-state index contributed by atoms with van der Waals surface area (Å²) >= 11 is 0. The molecule has 3 aromatic rings. The number of aromatic nitrogens is 3. The van der Waals surface area contributed by atoms with Gasteiger partial charge in [-0.15, -0.1) is 0 Å². The number of aryl methyl sites for hydroxylation is 1. The number of likely N-dealkylation sites (N-methyl/N-ethyl adjacent to an activating group) is 1. The average Bonchev–Trinajstić information content (AvgIpc) is 2.71. The van der Waals surface area contributed by atoms with Gasteiger partial charge in [0.1, 0.15) is 5.82 Å². The first-order valence-corrected chi connectivity index (χ1v) is 8.95. The van der Waals surface area contributed by atoms with Crippen LogP contribution in [0.3, 0.4) is 0 Å². The van der Waals surface area contributed by atoms with Crippen LogP contribution in [-0.2, 0) is 4.79 Å². The van der Waals surface area contributed by atoms with Crippen LogP contribution in [0.25, 0.3) is 11.4 Å². The molecular formula is C21H23N5O. The zero-order chi connectivity index (χ0) is 19.2. The van der Waals surface area contributed by atoms with Crippen molar-refractivity contribution in [3.05, 3.63) is 66.1 Å². The zero-order valence-electron chi connectivity index (χ0n) is 15.8. The maximum absolute atomic E-state index is 12.7. The Morgan fingerprint density at radius 3 is 2.52 bits per heavy atom. The molecule has 3 rings (SSSR count). The zero-order valence-corrected chi connectivity index (χ0v) is 15.8. The van der Waals surface area contributed by atoms with E-state index in [2.05, 4.69) is 20.3 Å². The first-order chi connectivity index (χ1) is 13.1. The molecule has 0 saturated heterocycles. The van der Waals surface area contributed by atoms with Crippen molar-refractivity contribution in [3.8, 4) is 11.4 Å². The van der Waals surface area contributed by atoms with Crippen LogP contribution in [0.2, 0.25) is 0 Å². The molecule has 0 bridgehead atoms. The minimum atomic E-state index is -0.0394. The minimum absolute atomic E-state index is 0.0394. The molecule has 0 aliphatic carbocycles. The van der Waals surface area contributed by atoms with Gasteiger partial charge in [0.05, 0.1) is 18.4 Å². The molecule has 0 radical (unpaired) electrons. The van der Waals surface area contributed by atoms with Gasteiger partial charge in [-0.1, -0.05) is 30.3 Å². The fourth-order valence-corrected chi connectivity index (χ4v) is 2.79. The number of benzene rings is 1. The Hall–Kier alpha value is -3.28. The number of pyridine rings is 1. The van der Waals surface area contributed by atoms with Crippen LogP contribution in [0.5, 0.6) is 0 Å². The van der Waals surface area contributed by atoms with Gasteiger partial charge in [-0.3, -0.25) is 9.78 Å². The summed E-state index contributed by atoms with van der Waals surface area (Å²) in [6, 6.07) is 13.5. The fraction of sp³-hybridized carbons (Fsp3) is 0.238. The molecule has 1 amide bonds. The third kappa shape index (κ3) is 4.28. The lowest BCUT2D eigenvalue weighted by molar-refractivity contribution is -0.116. The average molecular weight is 361 g/mol. The summed E-state index contributed by atoms with van der Waals surface area (Å²) < 4.78 is 0. The summed E-state index contributed by atoms with van der Waals surface area (Å²) in [7, 11) is 0. The van der Waals surface area contributed by atoms with E-state index in [0.29, 0.717) is 18.2 Å². The second kappa shape index (κ2) is 8.40. The van der Waals surface area contributed by atoms with Crippen molar-refractivity contribution in [3.63, 3.8) is 0 Å². The maximum Gasteiger partial charge on any atom is 0.246 e. The number of carbonyl (C=O) groups is 1. The molecule has 2 aromatic heterocycles. The second-order valence-electron chi connectivity index (χ2n) is 6.18. The summed E-state index contributed by atoms with van der Waals surface area (Å²) in [6.07, 6.45) is 3.38. The number of hydrogen-bond donors (Lipinski definition) is 1. The lowest BCUT2D eigenvalue weighted by atomic mass is 10.2. The Kier molecular flexibility index (Phi) is 5.76. The number of hydrogen-bond acceptors (Lipinski definition) is 5. The lowest BCUT2D eigenvalue weighted by Gasteiger charge is -2.21. The lowest BCUT2D eigenvalue weighted by Crippen LogP contribution is -2.35. The normalized spacial score (nSPS) is 10.5. The fourth-order valence-electron chi connectivity index (χ4n) is 2.79. The summed E-state index contributed by atoms with van der Waals surface area (Å²) in [5.41, 5.74) is 3.55. The number of anilines is 2. The van der Waals surface area contributed by atoms with Gasteiger partial charge in [0.2, 0.25) is 5.91 Å². The van der Waals surface area contributed by atoms with Crippen molar-refractivity contribution in [1.82, 2.24) is 15.0 Å². The van der Waals surface area contributed by atoms with Crippen molar-refractivity contribution >= 4 is 17.4 Å². The highest BCUT2D eigenvalue weighted by atomic mass is 16.2. The van der Waals surface area contributed by atoms with Crippen molar-refractivity contribution < 1.29 is 4.79 Å². The van der Waals surface area contributed by atoms with Gasteiger partial charge >= 0.3 is 0 Å². The van der Waals surface area contributed by atoms with Crippen LogP contribution in [0.15, 0.2) is 54.9 Å². The molecular weight excluding hydrogens is 338 g/mol. The summed E-state index contributed by atoms with van der Waals surface area (Å²) in [5, 5.41) is 3.19. The van der Waals surface area contributed by atoms with Crippen molar-refractivity contribution in [2.24, 2.45) is 0 Å². The Morgan fingerprint density at radius 2 is 1.85 bits per heavy atom. The number of carbonyl (C=O) groups excluding carboxylic acids is 1. The molecule has 27 heavy (non-hydrogen) atoms. The Balaban J connectivity index is 1.79. The van der Waals surface area contributed by atoms with E-state index in [0.717, 1.165) is 22.5 Å². The SMILES string of the molecule is CCN(C(=O)CNc1nc(-c2ccccc2)nc(C)c1C)c1cccnc1. The molecule has 1 aromatic carbocycles. The maximum atomic E-state index is 12.7. The smallest absolute Gasteiger partial charge is 0.246 e. The predicted molar refractivity (Wildman–Crippen MR) is 108 cm³/mol. The van der Waals surface area contributed by atoms with Crippen LogP contribution >= 0.6 is 0 Å². The molecule has 0 unspecified atom stereocenters. The number of amides is 1. The standard InChI is InChI=1S/C21H23N5O/c1-4-26(18-11-8-12-22-13-18)19(27)14-23-20-15(2)16(3)24-21(25-20)17-9-6-5-7-10-17/h5-13H,4,14H2,1-3H3,(H,23,24,25). The van der Waals surface area contributed by atoms with Crippen LogP contribution in [-0.4, -0.2) is 33.9 Å². The third-order valence-electron chi connectivity index (χ3n) is 4.40. The van der Waals surface area contributed by atoms with Crippen molar-refractivity contribution in [2.75, 3.05) is 23.3 Å². The highest BCUT2D eigenvalue weighted by molar-refractivity contribution is 5.95. The van der Waals surface area contributed by atoms with E-state index in [9.17, 15) is 4.79 Å². The molecule has 0 spiro atoms. The summed E-state index contributed by atoms with van der Waals surface area (Å²) in [6.45, 7) is 6.57. The van der Waals surface area contributed by atoms with Gasteiger partial charge in [0, 0.05) is 29.6 Å². The molecule has 0 fully saturated rings. The highest BCUT2D eigenvalue weighted by Crippen LogP contribution is 2.21. The van der Waals surface area contributed by atoms with Gasteiger partial charge in [0.15, 0.2) is 5.82 Å². The van der Waals surface area contributed by atoms with E-state index in [1.165, 1.54) is 0 Å². The molecule has 2 heterocycles. The molecule has 0 atom stereocenters. The van der Waals surface area contributed by atoms with Gasteiger partial charge in [-0.25, -0.2) is 9.97 Å². The first kappa shape index (κ1) is 18.5. The summed E-state index contributed by atoms with van der Waals surface area (Å²) in [4.78, 5) is 27.7.